The summed E-state index contributed by atoms with van der Waals surface area (Å²) in [7, 11) is 4.06. The van der Waals surface area contributed by atoms with Gasteiger partial charge in [-0.25, -0.2) is 9.97 Å². The first-order chi connectivity index (χ1) is 17.2. The summed E-state index contributed by atoms with van der Waals surface area (Å²) in [5.41, 5.74) is 3.99. The first-order valence-corrected chi connectivity index (χ1v) is 12.9. The van der Waals surface area contributed by atoms with E-state index in [1.807, 2.05) is 31.7 Å². The van der Waals surface area contributed by atoms with Crippen LogP contribution in [0.15, 0.2) is 48.9 Å². The van der Waals surface area contributed by atoms with Gasteiger partial charge in [-0.2, -0.15) is 5.10 Å². The van der Waals surface area contributed by atoms with Crippen LogP contribution in [-0.2, 0) is 30.3 Å². The van der Waals surface area contributed by atoms with E-state index in [1.54, 1.807) is 4.68 Å². The SMILES string of the molecule is C[C@@H]1Cc2cnc(NC(C)(C)c3cnn(C)c3)nc2CN1C(=O)[C@H]1CCN(C)C[C@@H]1c1ccccc1. The number of fused-ring (bicyclic) bond motifs is 1. The van der Waals surface area contributed by atoms with Crippen molar-refractivity contribution in [1.29, 1.82) is 0 Å². The van der Waals surface area contributed by atoms with Crippen molar-refractivity contribution in [3.05, 3.63) is 71.3 Å². The number of amides is 1. The molecule has 3 aromatic rings. The lowest BCUT2D eigenvalue weighted by atomic mass is 9.79. The van der Waals surface area contributed by atoms with Gasteiger partial charge in [-0.15, -0.1) is 0 Å². The summed E-state index contributed by atoms with van der Waals surface area (Å²) >= 11 is 0. The van der Waals surface area contributed by atoms with E-state index in [0.717, 1.165) is 42.8 Å². The maximum atomic E-state index is 14.0. The first kappa shape index (κ1) is 24.4. The summed E-state index contributed by atoms with van der Waals surface area (Å²) in [6.45, 7) is 8.69. The third kappa shape index (κ3) is 4.87. The van der Waals surface area contributed by atoms with Gasteiger partial charge in [0, 0.05) is 49.4 Å². The molecule has 190 valence electrons. The van der Waals surface area contributed by atoms with Crippen molar-refractivity contribution in [3.63, 3.8) is 0 Å². The van der Waals surface area contributed by atoms with Crippen LogP contribution in [0.4, 0.5) is 5.95 Å². The molecule has 1 fully saturated rings. The molecule has 0 unspecified atom stereocenters. The molecule has 5 rings (SSSR count). The van der Waals surface area contributed by atoms with Gasteiger partial charge in [0.25, 0.3) is 0 Å². The lowest BCUT2D eigenvalue weighted by molar-refractivity contribution is -0.141. The van der Waals surface area contributed by atoms with E-state index in [9.17, 15) is 4.79 Å². The van der Waals surface area contributed by atoms with Gasteiger partial charge in [0.1, 0.15) is 0 Å². The van der Waals surface area contributed by atoms with Crippen LogP contribution in [-0.4, -0.2) is 61.6 Å². The van der Waals surface area contributed by atoms with Gasteiger partial charge < -0.3 is 15.1 Å². The van der Waals surface area contributed by atoms with Crippen LogP contribution in [0.25, 0.3) is 0 Å². The Morgan fingerprint density at radius 1 is 1.14 bits per heavy atom. The second-order valence-electron chi connectivity index (χ2n) is 11.0. The fourth-order valence-electron chi connectivity index (χ4n) is 5.61. The second kappa shape index (κ2) is 9.65. The molecule has 0 radical (unpaired) electrons. The lowest BCUT2D eigenvalue weighted by Crippen LogP contribution is -2.50. The van der Waals surface area contributed by atoms with Gasteiger partial charge in [0.05, 0.1) is 24.0 Å². The van der Waals surface area contributed by atoms with Gasteiger partial charge in [0.2, 0.25) is 11.9 Å². The number of hydrogen-bond donors (Lipinski definition) is 1. The Hall–Kier alpha value is -3.26. The number of anilines is 1. The minimum atomic E-state index is -0.378. The maximum Gasteiger partial charge on any atom is 0.227 e. The monoisotopic (exact) mass is 487 g/mol. The van der Waals surface area contributed by atoms with Gasteiger partial charge in [-0.3, -0.25) is 9.48 Å². The predicted molar refractivity (Wildman–Crippen MR) is 140 cm³/mol. The number of benzene rings is 1. The number of hydrogen-bond acceptors (Lipinski definition) is 6. The molecule has 4 heterocycles. The zero-order valence-electron chi connectivity index (χ0n) is 22.0. The van der Waals surface area contributed by atoms with Crippen molar-refractivity contribution in [1.82, 2.24) is 29.5 Å². The first-order valence-electron chi connectivity index (χ1n) is 12.9. The molecular formula is C28H37N7O. The maximum absolute atomic E-state index is 14.0. The molecule has 1 aromatic carbocycles. The molecule has 0 spiro atoms. The van der Waals surface area contributed by atoms with E-state index in [2.05, 4.69) is 77.3 Å². The number of piperidine rings is 1. The Bertz CT molecular complexity index is 1220. The highest BCUT2D eigenvalue weighted by molar-refractivity contribution is 5.80. The molecule has 36 heavy (non-hydrogen) atoms. The topological polar surface area (TPSA) is 79.2 Å². The zero-order valence-corrected chi connectivity index (χ0v) is 22.0. The number of rotatable bonds is 5. The summed E-state index contributed by atoms with van der Waals surface area (Å²) in [4.78, 5) is 27.9. The highest BCUT2D eigenvalue weighted by atomic mass is 16.2. The standard InChI is InChI=1S/C28H37N7O/c1-19-13-21-14-29-27(32-28(2,3)22-15-30-34(5)16-22)31-25(21)18-35(19)26(36)23-11-12-33(4)17-24(23)20-9-7-6-8-10-20/h6-10,14-16,19,23-24H,11-13,17-18H2,1-5H3,(H,29,31,32)/t19-,23+,24-/m1/s1. The Kier molecular flexibility index (Phi) is 6.55. The number of carbonyl (C=O) groups excluding carboxylic acids is 1. The molecule has 8 heteroatoms. The number of likely N-dealkylation sites (tertiary alicyclic amines) is 1. The number of nitrogens with zero attached hydrogens (tertiary/aromatic N) is 6. The molecule has 2 aliphatic rings. The van der Waals surface area contributed by atoms with Crippen LogP contribution in [0.1, 0.15) is 55.5 Å². The summed E-state index contributed by atoms with van der Waals surface area (Å²) < 4.78 is 1.79. The normalized spacial score (nSPS) is 22.8. The van der Waals surface area contributed by atoms with Crippen LogP contribution >= 0.6 is 0 Å². The van der Waals surface area contributed by atoms with Gasteiger partial charge in [-0.05, 0) is 58.3 Å². The largest absolute Gasteiger partial charge is 0.345 e. The van der Waals surface area contributed by atoms with Crippen molar-refractivity contribution in [2.45, 2.75) is 57.7 Å². The van der Waals surface area contributed by atoms with Crippen molar-refractivity contribution < 1.29 is 4.79 Å². The smallest absolute Gasteiger partial charge is 0.227 e. The molecule has 2 aromatic heterocycles. The summed E-state index contributed by atoms with van der Waals surface area (Å²) in [5.74, 6) is 1.01. The van der Waals surface area contributed by atoms with Crippen LogP contribution in [0.3, 0.4) is 0 Å². The summed E-state index contributed by atoms with van der Waals surface area (Å²) in [6, 6.07) is 10.6. The molecule has 1 N–H and O–H groups in total. The molecule has 0 saturated carbocycles. The lowest BCUT2D eigenvalue weighted by Gasteiger charge is -2.42. The average Bonchev–Trinajstić information content (AvgIpc) is 3.31. The summed E-state index contributed by atoms with van der Waals surface area (Å²) in [5, 5.41) is 7.76. The molecule has 8 nitrogen and oxygen atoms in total. The number of aromatic nitrogens is 4. The minimum Gasteiger partial charge on any atom is -0.345 e. The van der Waals surface area contributed by atoms with Crippen molar-refractivity contribution in [3.8, 4) is 0 Å². The highest BCUT2D eigenvalue weighted by Gasteiger charge is 2.39. The Balaban J connectivity index is 1.36. The fraction of sp³-hybridized carbons (Fsp3) is 0.500. The third-order valence-electron chi connectivity index (χ3n) is 7.82. The molecular weight excluding hydrogens is 450 g/mol. The Labute approximate surface area is 213 Å². The van der Waals surface area contributed by atoms with Crippen LogP contribution in [0.2, 0.25) is 0 Å². The van der Waals surface area contributed by atoms with Gasteiger partial charge in [0.15, 0.2) is 0 Å². The number of likely N-dealkylation sites (N-methyl/N-ethyl adjacent to an activating group) is 1. The number of nitrogens with one attached hydrogen (secondary N) is 1. The van der Waals surface area contributed by atoms with E-state index >= 15 is 0 Å². The van der Waals surface area contributed by atoms with E-state index in [1.165, 1.54) is 5.56 Å². The fourth-order valence-corrected chi connectivity index (χ4v) is 5.61. The van der Waals surface area contributed by atoms with Crippen LogP contribution in [0, 0.1) is 5.92 Å². The second-order valence-corrected chi connectivity index (χ2v) is 11.0. The van der Waals surface area contributed by atoms with Crippen molar-refractivity contribution in [2.24, 2.45) is 13.0 Å². The number of carbonyl (C=O) groups is 1. The number of aryl methyl sites for hydroxylation is 1. The molecule has 2 aliphatic heterocycles. The molecule has 1 saturated heterocycles. The molecule has 0 bridgehead atoms. The molecule has 3 atom stereocenters. The van der Waals surface area contributed by atoms with E-state index < -0.39 is 0 Å². The van der Waals surface area contributed by atoms with Crippen LogP contribution < -0.4 is 5.32 Å². The average molecular weight is 488 g/mol. The van der Waals surface area contributed by atoms with Crippen LogP contribution in [0.5, 0.6) is 0 Å². The third-order valence-corrected chi connectivity index (χ3v) is 7.82. The predicted octanol–water partition coefficient (Wildman–Crippen LogP) is 3.57. The quantitative estimate of drug-likeness (QED) is 0.593. The zero-order chi connectivity index (χ0) is 25.4. The van der Waals surface area contributed by atoms with Gasteiger partial charge >= 0.3 is 0 Å². The van der Waals surface area contributed by atoms with E-state index in [-0.39, 0.29) is 29.3 Å². The minimum absolute atomic E-state index is 0.0171. The molecule has 1 amide bonds. The van der Waals surface area contributed by atoms with Crippen molar-refractivity contribution >= 4 is 11.9 Å². The van der Waals surface area contributed by atoms with Gasteiger partial charge in [-0.1, -0.05) is 30.3 Å². The van der Waals surface area contributed by atoms with Crippen molar-refractivity contribution in [2.75, 3.05) is 25.5 Å². The summed E-state index contributed by atoms with van der Waals surface area (Å²) in [6.07, 6.45) is 7.43. The Morgan fingerprint density at radius 3 is 2.64 bits per heavy atom. The molecule has 0 aliphatic carbocycles. The van der Waals surface area contributed by atoms with E-state index in [0.29, 0.717) is 12.5 Å². The Morgan fingerprint density at radius 2 is 1.92 bits per heavy atom. The van der Waals surface area contributed by atoms with E-state index in [4.69, 9.17) is 4.98 Å². The highest BCUT2D eigenvalue weighted by Crippen LogP contribution is 2.35.